The summed E-state index contributed by atoms with van der Waals surface area (Å²) >= 11 is 11.9. The number of carbonyl (C=O) groups excluding carboxylic acids is 1. The number of halogens is 3. The van der Waals surface area contributed by atoms with E-state index in [0.717, 1.165) is 6.42 Å². The van der Waals surface area contributed by atoms with Crippen LogP contribution in [0.1, 0.15) is 24.5 Å². The fourth-order valence-corrected chi connectivity index (χ4v) is 3.59. The zero-order valence-electron chi connectivity index (χ0n) is 13.0. The van der Waals surface area contributed by atoms with Gasteiger partial charge in [0.25, 0.3) is 5.91 Å². The molecule has 2 heterocycles. The van der Waals surface area contributed by atoms with Gasteiger partial charge < -0.3 is 20.1 Å². The molecule has 2 aliphatic rings. The van der Waals surface area contributed by atoms with E-state index in [1.807, 2.05) is 0 Å². The van der Waals surface area contributed by atoms with Gasteiger partial charge in [-0.25, -0.2) is 4.39 Å². The van der Waals surface area contributed by atoms with Crippen molar-refractivity contribution in [2.45, 2.75) is 31.2 Å². The number of morpholine rings is 1. The molecular weight excluding hydrogens is 358 g/mol. The van der Waals surface area contributed by atoms with Gasteiger partial charge in [-0.1, -0.05) is 23.2 Å². The van der Waals surface area contributed by atoms with Gasteiger partial charge in [0.15, 0.2) is 0 Å². The van der Waals surface area contributed by atoms with E-state index < -0.39 is 18.0 Å². The van der Waals surface area contributed by atoms with E-state index in [4.69, 9.17) is 38.4 Å². The molecule has 2 saturated heterocycles. The third-order valence-corrected chi connectivity index (χ3v) is 5.03. The van der Waals surface area contributed by atoms with Crippen LogP contribution in [0, 0.1) is 5.82 Å². The molecule has 8 heteroatoms. The Morgan fingerprint density at radius 3 is 2.83 bits per heavy atom. The minimum Gasteiger partial charge on any atom is -0.370 e. The summed E-state index contributed by atoms with van der Waals surface area (Å²) in [5.74, 6) is -0.641. The molecule has 0 radical (unpaired) electrons. The molecule has 0 aromatic heterocycles. The molecule has 3 atom stereocenters. The molecule has 24 heavy (non-hydrogen) atoms. The molecular formula is C16H19Cl2FN2O3. The van der Waals surface area contributed by atoms with Gasteiger partial charge in [-0.2, -0.15) is 0 Å². The lowest BCUT2D eigenvalue weighted by molar-refractivity contribution is -0.150. The molecule has 0 aliphatic carbocycles. The van der Waals surface area contributed by atoms with Crippen molar-refractivity contribution in [1.82, 2.24) is 4.90 Å². The van der Waals surface area contributed by atoms with E-state index in [1.54, 1.807) is 4.90 Å². The summed E-state index contributed by atoms with van der Waals surface area (Å²) in [7, 11) is 0. The molecule has 3 rings (SSSR count). The standard InChI is InChI=1S/C16H19Cl2FN2O3/c17-11-6-12(18)13(19)5-10(11)15-8-21(3-4-23-15)16(22)14-2-1-9(7-20)24-14/h5-6,9,14-15H,1-4,7-8,20H2/t9-,14+,15?/m1/s1. The van der Waals surface area contributed by atoms with Crippen molar-refractivity contribution in [3.05, 3.63) is 33.6 Å². The lowest BCUT2D eigenvalue weighted by atomic mass is 10.1. The number of amides is 1. The second-order valence-corrected chi connectivity index (χ2v) is 6.81. The molecule has 1 unspecified atom stereocenters. The van der Waals surface area contributed by atoms with Crippen LogP contribution in [0.5, 0.6) is 0 Å². The Hall–Kier alpha value is -0.920. The molecule has 1 aromatic rings. The second kappa shape index (κ2) is 7.54. The number of hydrogen-bond acceptors (Lipinski definition) is 4. The Morgan fingerprint density at radius 2 is 2.12 bits per heavy atom. The summed E-state index contributed by atoms with van der Waals surface area (Å²) in [5, 5.41) is 0.278. The molecule has 2 aliphatic heterocycles. The summed E-state index contributed by atoms with van der Waals surface area (Å²) < 4.78 is 25.1. The van der Waals surface area contributed by atoms with Crippen LogP contribution >= 0.6 is 23.2 Å². The Balaban J connectivity index is 1.71. The monoisotopic (exact) mass is 376 g/mol. The first-order chi connectivity index (χ1) is 11.5. The topological polar surface area (TPSA) is 64.8 Å². The third kappa shape index (κ3) is 3.68. The van der Waals surface area contributed by atoms with Gasteiger partial charge in [-0.05, 0) is 25.0 Å². The van der Waals surface area contributed by atoms with E-state index in [9.17, 15) is 9.18 Å². The van der Waals surface area contributed by atoms with Gasteiger partial charge in [-0.3, -0.25) is 4.79 Å². The van der Waals surface area contributed by atoms with E-state index >= 15 is 0 Å². The SMILES string of the molecule is NC[C@H]1CC[C@@H](C(=O)N2CCOC(c3cc(F)c(Cl)cc3Cl)C2)O1. The zero-order chi connectivity index (χ0) is 17.3. The summed E-state index contributed by atoms with van der Waals surface area (Å²) in [6.45, 7) is 1.53. The van der Waals surface area contributed by atoms with Gasteiger partial charge in [-0.15, -0.1) is 0 Å². The first-order valence-electron chi connectivity index (χ1n) is 7.90. The molecule has 2 fully saturated rings. The number of benzene rings is 1. The maximum Gasteiger partial charge on any atom is 0.251 e. The van der Waals surface area contributed by atoms with Crippen molar-refractivity contribution in [1.29, 1.82) is 0 Å². The van der Waals surface area contributed by atoms with E-state index in [-0.39, 0.29) is 17.0 Å². The Kier molecular flexibility index (Phi) is 5.62. The van der Waals surface area contributed by atoms with Gasteiger partial charge in [0.1, 0.15) is 18.0 Å². The van der Waals surface area contributed by atoms with Crippen molar-refractivity contribution in [3.63, 3.8) is 0 Å². The van der Waals surface area contributed by atoms with Crippen molar-refractivity contribution in [3.8, 4) is 0 Å². The van der Waals surface area contributed by atoms with E-state index in [2.05, 4.69) is 0 Å². The van der Waals surface area contributed by atoms with Crippen LogP contribution in [0.2, 0.25) is 10.0 Å². The first-order valence-corrected chi connectivity index (χ1v) is 8.65. The highest BCUT2D eigenvalue weighted by atomic mass is 35.5. The zero-order valence-corrected chi connectivity index (χ0v) is 14.5. The fraction of sp³-hybridized carbons (Fsp3) is 0.562. The average Bonchev–Trinajstić information content (AvgIpc) is 3.06. The third-order valence-electron chi connectivity index (χ3n) is 4.41. The van der Waals surface area contributed by atoms with Crippen LogP contribution in [0.3, 0.4) is 0 Å². The van der Waals surface area contributed by atoms with Crippen molar-refractivity contribution in [2.24, 2.45) is 5.73 Å². The minimum absolute atomic E-state index is 0.0420. The van der Waals surface area contributed by atoms with Crippen molar-refractivity contribution >= 4 is 29.1 Å². The summed E-state index contributed by atoms with van der Waals surface area (Å²) in [4.78, 5) is 14.3. The summed E-state index contributed by atoms with van der Waals surface area (Å²) in [5.41, 5.74) is 6.07. The molecule has 1 aromatic carbocycles. The molecule has 0 bridgehead atoms. The number of nitrogens with zero attached hydrogens (tertiary/aromatic N) is 1. The largest absolute Gasteiger partial charge is 0.370 e. The van der Waals surface area contributed by atoms with Crippen molar-refractivity contribution in [2.75, 3.05) is 26.2 Å². The average molecular weight is 377 g/mol. The normalized spacial score (nSPS) is 27.5. The molecule has 5 nitrogen and oxygen atoms in total. The van der Waals surface area contributed by atoms with Gasteiger partial charge in [0, 0.05) is 23.7 Å². The molecule has 1 amide bonds. The molecule has 2 N–H and O–H groups in total. The van der Waals surface area contributed by atoms with Crippen LogP contribution in [-0.2, 0) is 14.3 Å². The summed E-state index contributed by atoms with van der Waals surface area (Å²) in [6.07, 6.45) is 0.438. The number of nitrogens with two attached hydrogens (primary N) is 1. The molecule has 132 valence electrons. The van der Waals surface area contributed by atoms with E-state index in [1.165, 1.54) is 12.1 Å². The maximum absolute atomic E-state index is 13.7. The van der Waals surface area contributed by atoms with Gasteiger partial charge in [0.05, 0.1) is 24.3 Å². The van der Waals surface area contributed by atoms with Crippen LogP contribution in [0.15, 0.2) is 12.1 Å². The smallest absolute Gasteiger partial charge is 0.251 e. The minimum atomic E-state index is -0.562. The predicted octanol–water partition coefficient (Wildman–Crippen LogP) is 2.54. The van der Waals surface area contributed by atoms with Crippen molar-refractivity contribution < 1.29 is 18.7 Å². The van der Waals surface area contributed by atoms with Crippen LogP contribution in [0.4, 0.5) is 4.39 Å². The number of hydrogen-bond donors (Lipinski definition) is 1. The first kappa shape index (κ1) is 17.9. The van der Waals surface area contributed by atoms with Crippen LogP contribution in [-0.4, -0.2) is 49.3 Å². The molecule has 0 saturated carbocycles. The maximum atomic E-state index is 13.7. The fourth-order valence-electron chi connectivity index (χ4n) is 3.09. The number of rotatable bonds is 3. The molecule has 0 spiro atoms. The van der Waals surface area contributed by atoms with E-state index in [0.29, 0.717) is 43.2 Å². The number of carbonyl (C=O) groups is 1. The highest BCUT2D eigenvalue weighted by Gasteiger charge is 2.35. The predicted molar refractivity (Wildman–Crippen MR) is 88.6 cm³/mol. The summed E-state index contributed by atoms with van der Waals surface area (Å²) in [6, 6.07) is 2.61. The highest BCUT2D eigenvalue weighted by molar-refractivity contribution is 6.35. The quantitative estimate of drug-likeness (QED) is 0.823. The van der Waals surface area contributed by atoms with Crippen LogP contribution in [0.25, 0.3) is 0 Å². The highest BCUT2D eigenvalue weighted by Crippen LogP contribution is 2.33. The Morgan fingerprint density at radius 1 is 1.33 bits per heavy atom. The lowest BCUT2D eigenvalue weighted by Crippen LogP contribution is -2.46. The Bertz CT molecular complexity index is 632. The van der Waals surface area contributed by atoms with Gasteiger partial charge >= 0.3 is 0 Å². The number of ether oxygens (including phenoxy) is 2. The van der Waals surface area contributed by atoms with Crippen LogP contribution < -0.4 is 5.73 Å². The lowest BCUT2D eigenvalue weighted by Gasteiger charge is -2.34. The Labute approximate surface area is 149 Å². The second-order valence-electron chi connectivity index (χ2n) is 5.99. The van der Waals surface area contributed by atoms with Gasteiger partial charge in [0.2, 0.25) is 0 Å².